The molecule has 1 aromatic carbocycles. The summed E-state index contributed by atoms with van der Waals surface area (Å²) in [6.07, 6.45) is 9.96. The molecule has 0 radical (unpaired) electrons. The van der Waals surface area contributed by atoms with E-state index in [-0.39, 0.29) is 24.3 Å². The molecule has 0 bridgehead atoms. The minimum atomic E-state index is 0.0793. The molecule has 1 aliphatic heterocycles. The number of carbonyl (C=O) groups is 2. The first-order valence-electron chi connectivity index (χ1n) is 10.3. The van der Waals surface area contributed by atoms with Crippen molar-refractivity contribution >= 4 is 11.8 Å². The van der Waals surface area contributed by atoms with Gasteiger partial charge in [0, 0.05) is 19.0 Å². The Hall–Kier alpha value is -1.84. The molecule has 26 heavy (non-hydrogen) atoms. The van der Waals surface area contributed by atoms with Crippen molar-refractivity contribution in [1.82, 2.24) is 10.2 Å². The molecule has 1 saturated heterocycles. The maximum atomic E-state index is 12.4. The minimum Gasteiger partial charge on any atom is -0.347 e. The van der Waals surface area contributed by atoms with E-state index in [2.05, 4.69) is 35.6 Å². The van der Waals surface area contributed by atoms with Gasteiger partial charge < -0.3 is 10.2 Å². The van der Waals surface area contributed by atoms with E-state index < -0.39 is 0 Å². The third-order valence-electron chi connectivity index (χ3n) is 6.04. The van der Waals surface area contributed by atoms with Gasteiger partial charge in [-0.2, -0.15) is 0 Å². The first-order valence-corrected chi connectivity index (χ1v) is 10.3. The van der Waals surface area contributed by atoms with Gasteiger partial charge in [-0.25, -0.2) is 0 Å². The molecule has 3 rings (SSSR count). The highest BCUT2D eigenvalue weighted by Gasteiger charge is 2.25. The van der Waals surface area contributed by atoms with Gasteiger partial charge in [-0.15, -0.1) is 0 Å². The van der Waals surface area contributed by atoms with Crippen molar-refractivity contribution in [2.24, 2.45) is 11.8 Å². The quantitative estimate of drug-likeness (QED) is 0.847. The molecule has 2 fully saturated rings. The molecule has 1 saturated carbocycles. The van der Waals surface area contributed by atoms with Crippen LogP contribution in [-0.4, -0.2) is 36.3 Å². The zero-order valence-corrected chi connectivity index (χ0v) is 15.8. The van der Waals surface area contributed by atoms with Gasteiger partial charge in [-0.3, -0.25) is 9.59 Å². The Kier molecular flexibility index (Phi) is 7.10. The molecule has 1 aliphatic carbocycles. The molecule has 4 heteroatoms. The molecule has 1 heterocycles. The highest BCUT2D eigenvalue weighted by atomic mass is 16.2. The summed E-state index contributed by atoms with van der Waals surface area (Å²) in [6.45, 7) is 1.83. The first kappa shape index (κ1) is 18.9. The molecule has 0 aromatic heterocycles. The first-order chi connectivity index (χ1) is 12.7. The van der Waals surface area contributed by atoms with Crippen molar-refractivity contribution in [2.45, 2.75) is 57.8 Å². The zero-order chi connectivity index (χ0) is 18.2. The van der Waals surface area contributed by atoms with Crippen LogP contribution in [-0.2, 0) is 16.0 Å². The van der Waals surface area contributed by atoms with Crippen molar-refractivity contribution in [3.8, 4) is 0 Å². The molecular formula is C22H32N2O2. The maximum Gasteiger partial charge on any atom is 0.241 e. The van der Waals surface area contributed by atoms with Crippen LogP contribution in [0, 0.1) is 11.8 Å². The zero-order valence-electron chi connectivity index (χ0n) is 15.8. The van der Waals surface area contributed by atoms with Crippen LogP contribution in [0.1, 0.15) is 56.9 Å². The molecule has 4 nitrogen and oxygen atoms in total. The molecule has 2 amide bonds. The van der Waals surface area contributed by atoms with E-state index in [1.54, 1.807) is 0 Å². The summed E-state index contributed by atoms with van der Waals surface area (Å²) >= 11 is 0. The van der Waals surface area contributed by atoms with E-state index in [1.807, 2.05) is 4.90 Å². The average molecular weight is 357 g/mol. The second kappa shape index (κ2) is 9.75. The largest absolute Gasteiger partial charge is 0.347 e. The van der Waals surface area contributed by atoms with Gasteiger partial charge in [-0.1, -0.05) is 49.6 Å². The fourth-order valence-corrected chi connectivity index (χ4v) is 4.27. The molecule has 1 aromatic rings. The number of piperidine rings is 1. The SMILES string of the molecule is O=C(NCC(=O)N1CCC(CCc2ccccc2)CC1)C1CCCCC1. The predicted molar refractivity (Wildman–Crippen MR) is 104 cm³/mol. The summed E-state index contributed by atoms with van der Waals surface area (Å²) in [6, 6.07) is 10.6. The number of aryl methyl sites for hydroxylation is 1. The topological polar surface area (TPSA) is 49.4 Å². The Morgan fingerprint density at radius 1 is 0.962 bits per heavy atom. The highest BCUT2D eigenvalue weighted by Crippen LogP contribution is 2.24. The number of benzene rings is 1. The van der Waals surface area contributed by atoms with E-state index in [4.69, 9.17) is 0 Å². The van der Waals surface area contributed by atoms with Crippen LogP contribution in [0.2, 0.25) is 0 Å². The van der Waals surface area contributed by atoms with Crippen molar-refractivity contribution in [3.63, 3.8) is 0 Å². The number of rotatable bonds is 6. The number of likely N-dealkylation sites (tertiary alicyclic amines) is 1. The van der Waals surface area contributed by atoms with Gasteiger partial charge in [0.05, 0.1) is 6.54 Å². The second-order valence-corrected chi connectivity index (χ2v) is 7.90. The Labute approximate surface area is 157 Å². The van der Waals surface area contributed by atoms with Crippen LogP contribution in [0.4, 0.5) is 0 Å². The Morgan fingerprint density at radius 2 is 1.65 bits per heavy atom. The normalized spacial score (nSPS) is 19.3. The number of hydrogen-bond donors (Lipinski definition) is 1. The Bertz CT molecular complexity index is 573. The molecule has 0 atom stereocenters. The Morgan fingerprint density at radius 3 is 2.35 bits per heavy atom. The molecule has 1 N–H and O–H groups in total. The lowest BCUT2D eigenvalue weighted by Gasteiger charge is -2.32. The molecular weight excluding hydrogens is 324 g/mol. The van der Waals surface area contributed by atoms with Crippen LogP contribution in [0.5, 0.6) is 0 Å². The van der Waals surface area contributed by atoms with Gasteiger partial charge in [0.1, 0.15) is 0 Å². The third-order valence-corrected chi connectivity index (χ3v) is 6.04. The van der Waals surface area contributed by atoms with Crippen molar-refractivity contribution in [3.05, 3.63) is 35.9 Å². The van der Waals surface area contributed by atoms with Crippen LogP contribution in [0.3, 0.4) is 0 Å². The summed E-state index contributed by atoms with van der Waals surface area (Å²) in [5, 5.41) is 2.88. The number of nitrogens with zero attached hydrogens (tertiary/aromatic N) is 1. The van der Waals surface area contributed by atoms with Crippen molar-refractivity contribution < 1.29 is 9.59 Å². The average Bonchev–Trinajstić information content (AvgIpc) is 2.72. The van der Waals surface area contributed by atoms with E-state index in [1.165, 1.54) is 18.4 Å². The maximum absolute atomic E-state index is 12.4. The van der Waals surface area contributed by atoms with E-state index >= 15 is 0 Å². The van der Waals surface area contributed by atoms with E-state index in [0.717, 1.165) is 58.0 Å². The predicted octanol–water partition coefficient (Wildman–Crippen LogP) is 3.55. The molecule has 142 valence electrons. The summed E-state index contributed by atoms with van der Waals surface area (Å²) in [5.41, 5.74) is 1.40. The monoisotopic (exact) mass is 356 g/mol. The second-order valence-electron chi connectivity index (χ2n) is 7.90. The third kappa shape index (κ3) is 5.58. The lowest BCUT2D eigenvalue weighted by atomic mass is 9.88. The smallest absolute Gasteiger partial charge is 0.241 e. The van der Waals surface area contributed by atoms with Crippen LogP contribution in [0.25, 0.3) is 0 Å². The number of carbonyl (C=O) groups excluding carboxylic acids is 2. The van der Waals surface area contributed by atoms with Crippen molar-refractivity contribution in [2.75, 3.05) is 19.6 Å². The van der Waals surface area contributed by atoms with E-state index in [9.17, 15) is 9.59 Å². The number of nitrogens with one attached hydrogen (secondary N) is 1. The minimum absolute atomic E-state index is 0.0793. The fourth-order valence-electron chi connectivity index (χ4n) is 4.27. The molecule has 2 aliphatic rings. The van der Waals surface area contributed by atoms with Gasteiger partial charge >= 0.3 is 0 Å². The molecule has 0 spiro atoms. The van der Waals surface area contributed by atoms with Gasteiger partial charge in [0.15, 0.2) is 0 Å². The van der Waals surface area contributed by atoms with Gasteiger partial charge in [-0.05, 0) is 50.0 Å². The summed E-state index contributed by atoms with van der Waals surface area (Å²) < 4.78 is 0. The lowest BCUT2D eigenvalue weighted by Crippen LogP contribution is -2.45. The van der Waals surface area contributed by atoms with Crippen molar-refractivity contribution in [1.29, 1.82) is 0 Å². The van der Waals surface area contributed by atoms with Gasteiger partial charge in [0.2, 0.25) is 11.8 Å². The van der Waals surface area contributed by atoms with Crippen LogP contribution < -0.4 is 5.32 Å². The fraction of sp³-hybridized carbons (Fsp3) is 0.636. The summed E-state index contributed by atoms with van der Waals surface area (Å²) in [4.78, 5) is 26.5. The molecule has 0 unspecified atom stereocenters. The Balaban J connectivity index is 1.33. The lowest BCUT2D eigenvalue weighted by molar-refractivity contribution is -0.135. The number of amides is 2. The van der Waals surface area contributed by atoms with E-state index in [0.29, 0.717) is 5.92 Å². The van der Waals surface area contributed by atoms with Crippen LogP contribution >= 0.6 is 0 Å². The number of hydrogen-bond acceptors (Lipinski definition) is 2. The van der Waals surface area contributed by atoms with Crippen LogP contribution in [0.15, 0.2) is 30.3 Å². The highest BCUT2D eigenvalue weighted by molar-refractivity contribution is 5.85. The summed E-state index contributed by atoms with van der Waals surface area (Å²) in [5.74, 6) is 0.989. The van der Waals surface area contributed by atoms with Gasteiger partial charge in [0.25, 0.3) is 0 Å². The standard InChI is InChI=1S/C22H32N2O2/c25-21(17-23-22(26)20-9-5-2-6-10-20)24-15-13-19(14-16-24)12-11-18-7-3-1-4-8-18/h1,3-4,7-8,19-20H,2,5-6,9-17H2,(H,23,26). The summed E-state index contributed by atoms with van der Waals surface area (Å²) in [7, 11) is 0.